The van der Waals surface area contributed by atoms with Crippen molar-refractivity contribution in [1.82, 2.24) is 0 Å². The lowest BCUT2D eigenvalue weighted by atomic mass is 9.91. The van der Waals surface area contributed by atoms with Crippen LogP contribution in [0.4, 0.5) is 0 Å². The molecular weight excluding hydrogens is 304 g/mol. The molecule has 0 aliphatic heterocycles. The Kier molecular flexibility index (Phi) is 12.3. The molecule has 140 valence electrons. The third kappa shape index (κ3) is 9.74. The Hall–Kier alpha value is -1.32. The Morgan fingerprint density at radius 3 is 1.42 bits per heavy atom. The molecule has 0 amide bonds. The van der Waals surface area contributed by atoms with Crippen molar-refractivity contribution >= 4 is 11.9 Å². The zero-order valence-electron chi connectivity index (χ0n) is 16.4. The fourth-order valence-electron chi connectivity index (χ4n) is 2.41. The number of ether oxygens (including phenoxy) is 2. The van der Waals surface area contributed by atoms with E-state index in [4.69, 9.17) is 9.47 Å². The Bertz CT molecular complexity index is 372. The zero-order chi connectivity index (χ0) is 18.5. The van der Waals surface area contributed by atoms with Crippen LogP contribution in [0.3, 0.4) is 0 Å². The monoisotopic (exact) mass is 340 g/mol. The average Bonchev–Trinajstić information content (AvgIpc) is 2.46. The van der Waals surface area contributed by atoms with Crippen LogP contribution in [-0.4, -0.2) is 25.2 Å². The van der Waals surface area contributed by atoms with E-state index in [0.717, 1.165) is 31.3 Å². The summed E-state index contributed by atoms with van der Waals surface area (Å²) in [5, 5.41) is 0. The molecule has 0 aliphatic rings. The summed E-state index contributed by atoms with van der Waals surface area (Å²) in [6.45, 7) is 13.1. The topological polar surface area (TPSA) is 52.6 Å². The molecule has 0 aromatic carbocycles. The van der Waals surface area contributed by atoms with Crippen LogP contribution in [0.15, 0.2) is 11.1 Å². The van der Waals surface area contributed by atoms with Crippen molar-refractivity contribution in [2.24, 2.45) is 11.8 Å². The van der Waals surface area contributed by atoms with Gasteiger partial charge in [0.2, 0.25) is 0 Å². The number of carbonyl (C=O) groups is 2. The predicted molar refractivity (Wildman–Crippen MR) is 97.7 cm³/mol. The summed E-state index contributed by atoms with van der Waals surface area (Å²) in [4.78, 5) is 25.0. The molecule has 0 N–H and O–H groups in total. The normalized spacial score (nSPS) is 10.8. The molecule has 4 nitrogen and oxygen atoms in total. The number of hydrogen-bond donors (Lipinski definition) is 0. The van der Waals surface area contributed by atoms with E-state index in [2.05, 4.69) is 27.7 Å². The number of allylic oxidation sites excluding steroid dienone is 1. The molecule has 4 heteroatoms. The summed E-state index contributed by atoms with van der Waals surface area (Å²) < 4.78 is 10.6. The lowest BCUT2D eigenvalue weighted by molar-refractivity contribution is -0.147. The first kappa shape index (κ1) is 22.7. The van der Waals surface area contributed by atoms with Crippen molar-refractivity contribution in [2.45, 2.75) is 80.1 Å². The van der Waals surface area contributed by atoms with Gasteiger partial charge < -0.3 is 9.47 Å². The summed E-state index contributed by atoms with van der Waals surface area (Å²) in [5.74, 6) is -0.330. The van der Waals surface area contributed by atoms with Gasteiger partial charge in [-0.15, -0.1) is 0 Å². The van der Waals surface area contributed by atoms with Gasteiger partial charge in [-0.2, -0.15) is 0 Å². The van der Waals surface area contributed by atoms with Gasteiger partial charge in [0.25, 0.3) is 0 Å². The molecule has 0 saturated carbocycles. The van der Waals surface area contributed by atoms with Gasteiger partial charge in [0.05, 0.1) is 13.2 Å². The number of rotatable bonds is 12. The smallest absolute Gasteiger partial charge is 0.345 e. The third-order valence-corrected chi connectivity index (χ3v) is 3.53. The minimum atomic E-state index is -0.527. The number of carbonyl (C=O) groups excluding carboxylic acids is 2. The van der Waals surface area contributed by atoms with E-state index in [1.165, 1.54) is 0 Å². The Morgan fingerprint density at radius 2 is 1.12 bits per heavy atom. The van der Waals surface area contributed by atoms with E-state index in [0.29, 0.717) is 37.9 Å². The second-order valence-electron chi connectivity index (χ2n) is 7.15. The number of esters is 2. The van der Waals surface area contributed by atoms with Crippen LogP contribution in [-0.2, 0) is 19.1 Å². The highest BCUT2D eigenvalue weighted by Gasteiger charge is 2.26. The maximum atomic E-state index is 12.5. The van der Waals surface area contributed by atoms with E-state index >= 15 is 0 Å². The van der Waals surface area contributed by atoms with Gasteiger partial charge in [-0.1, -0.05) is 54.4 Å². The minimum Gasteiger partial charge on any atom is -0.462 e. The molecule has 0 spiro atoms. The number of unbranched alkanes of at least 4 members (excludes halogenated alkanes) is 2. The van der Waals surface area contributed by atoms with Crippen LogP contribution in [0.1, 0.15) is 80.1 Å². The summed E-state index contributed by atoms with van der Waals surface area (Å²) in [6, 6.07) is 0. The third-order valence-electron chi connectivity index (χ3n) is 3.53. The molecule has 0 radical (unpaired) electrons. The Labute approximate surface area is 148 Å². The molecule has 0 aliphatic carbocycles. The molecule has 0 rings (SSSR count). The van der Waals surface area contributed by atoms with Crippen LogP contribution in [0.2, 0.25) is 0 Å². The summed E-state index contributed by atoms with van der Waals surface area (Å²) in [7, 11) is 0. The average molecular weight is 341 g/mol. The summed E-state index contributed by atoms with van der Waals surface area (Å²) in [6.07, 6.45) is 4.90. The fourth-order valence-corrected chi connectivity index (χ4v) is 2.41. The van der Waals surface area contributed by atoms with Gasteiger partial charge in [-0.05, 0) is 43.1 Å². The maximum Gasteiger partial charge on any atom is 0.345 e. The van der Waals surface area contributed by atoms with Crippen molar-refractivity contribution in [2.75, 3.05) is 13.2 Å². The van der Waals surface area contributed by atoms with Crippen molar-refractivity contribution in [3.05, 3.63) is 11.1 Å². The van der Waals surface area contributed by atoms with E-state index in [1.807, 2.05) is 13.8 Å². The molecule has 0 bridgehead atoms. The zero-order valence-corrected chi connectivity index (χ0v) is 16.4. The summed E-state index contributed by atoms with van der Waals surface area (Å²) in [5.41, 5.74) is 0.993. The SMILES string of the molecule is CCCCOC(=O)C(C(=O)OCCCC)=C(CC(C)C)CC(C)C. The first-order valence-electron chi connectivity index (χ1n) is 9.39. The van der Waals surface area contributed by atoms with Gasteiger partial charge in [0.15, 0.2) is 0 Å². The van der Waals surface area contributed by atoms with Gasteiger partial charge in [0.1, 0.15) is 5.57 Å². The molecule has 24 heavy (non-hydrogen) atoms. The van der Waals surface area contributed by atoms with E-state index in [1.54, 1.807) is 0 Å². The fraction of sp³-hybridized carbons (Fsp3) is 0.800. The van der Waals surface area contributed by atoms with Crippen LogP contribution in [0.5, 0.6) is 0 Å². The molecule has 0 unspecified atom stereocenters. The molecule has 0 atom stereocenters. The Balaban J connectivity index is 5.44. The van der Waals surface area contributed by atoms with E-state index < -0.39 is 11.9 Å². The molecule has 0 heterocycles. The van der Waals surface area contributed by atoms with E-state index in [9.17, 15) is 9.59 Å². The Morgan fingerprint density at radius 1 is 0.750 bits per heavy atom. The standard InChI is InChI=1S/C20H36O4/c1-7-9-11-23-19(21)18(20(22)24-12-10-8-2)17(13-15(3)4)14-16(5)6/h15-16H,7-14H2,1-6H3. The van der Waals surface area contributed by atoms with Gasteiger partial charge in [-0.3, -0.25) is 0 Å². The highest BCUT2D eigenvalue weighted by molar-refractivity contribution is 6.14. The highest BCUT2D eigenvalue weighted by Crippen LogP contribution is 2.24. The largest absolute Gasteiger partial charge is 0.462 e. The van der Waals surface area contributed by atoms with Gasteiger partial charge in [-0.25, -0.2) is 9.59 Å². The predicted octanol–water partition coefficient (Wildman–Crippen LogP) is 5.06. The van der Waals surface area contributed by atoms with Crippen molar-refractivity contribution in [3.8, 4) is 0 Å². The second kappa shape index (κ2) is 13.0. The highest BCUT2D eigenvalue weighted by atomic mass is 16.6. The van der Waals surface area contributed by atoms with Gasteiger partial charge in [0, 0.05) is 0 Å². The van der Waals surface area contributed by atoms with Crippen LogP contribution in [0.25, 0.3) is 0 Å². The first-order valence-corrected chi connectivity index (χ1v) is 9.39. The summed E-state index contributed by atoms with van der Waals surface area (Å²) >= 11 is 0. The second-order valence-corrected chi connectivity index (χ2v) is 7.15. The molecule has 0 saturated heterocycles. The van der Waals surface area contributed by atoms with Crippen LogP contribution in [0, 0.1) is 11.8 Å². The molecule has 0 aromatic rings. The molecule has 0 fully saturated rings. The van der Waals surface area contributed by atoms with Gasteiger partial charge >= 0.3 is 11.9 Å². The maximum absolute atomic E-state index is 12.5. The first-order chi connectivity index (χ1) is 11.3. The van der Waals surface area contributed by atoms with Crippen molar-refractivity contribution in [1.29, 1.82) is 0 Å². The molecular formula is C20H36O4. The number of hydrogen-bond acceptors (Lipinski definition) is 4. The minimum absolute atomic E-state index is 0.129. The van der Waals surface area contributed by atoms with Crippen LogP contribution >= 0.6 is 0 Å². The molecule has 0 aromatic heterocycles. The van der Waals surface area contributed by atoms with E-state index in [-0.39, 0.29) is 5.57 Å². The van der Waals surface area contributed by atoms with Crippen LogP contribution < -0.4 is 0 Å². The van der Waals surface area contributed by atoms with Crippen molar-refractivity contribution < 1.29 is 19.1 Å². The van der Waals surface area contributed by atoms with Crippen molar-refractivity contribution in [3.63, 3.8) is 0 Å². The lowest BCUT2D eigenvalue weighted by Crippen LogP contribution is -2.22. The lowest BCUT2D eigenvalue weighted by Gasteiger charge is -2.17. The quantitative estimate of drug-likeness (QED) is 0.164.